The first-order valence-electron chi connectivity index (χ1n) is 6.47. The van der Waals surface area contributed by atoms with Crippen LogP contribution in [0.1, 0.15) is 19.3 Å². The summed E-state index contributed by atoms with van der Waals surface area (Å²) in [6, 6.07) is -0.320. The number of nitrogens with zero attached hydrogens (tertiary/aromatic N) is 1. The lowest BCUT2D eigenvalue weighted by Crippen LogP contribution is -2.50. The number of hydroxylamine groups is 1. The number of piperidine rings is 1. The van der Waals surface area contributed by atoms with Crippen molar-refractivity contribution in [1.82, 2.24) is 21.0 Å². The Bertz CT molecular complexity index is 356. The summed E-state index contributed by atoms with van der Waals surface area (Å²) in [4.78, 5) is 30.6. The summed E-state index contributed by atoms with van der Waals surface area (Å²) in [5.74, 6) is -0.211. The summed E-state index contributed by atoms with van der Waals surface area (Å²) in [6.07, 6.45) is 2.49. The zero-order valence-electron chi connectivity index (χ0n) is 10.1. The fourth-order valence-corrected chi connectivity index (χ4v) is 2.78. The molecule has 3 aliphatic rings. The van der Waals surface area contributed by atoms with Gasteiger partial charge in [0.15, 0.2) is 0 Å². The molecule has 3 aliphatic heterocycles. The SMILES string of the molecule is O=C(NOC1CCNC1)C1CCC2CN1C(=O)N2. The molecule has 0 spiro atoms. The Hall–Kier alpha value is -1.34. The van der Waals surface area contributed by atoms with E-state index >= 15 is 0 Å². The summed E-state index contributed by atoms with van der Waals surface area (Å²) in [6.45, 7) is 2.30. The third-order valence-corrected chi connectivity index (χ3v) is 3.81. The van der Waals surface area contributed by atoms with Gasteiger partial charge in [-0.25, -0.2) is 10.3 Å². The van der Waals surface area contributed by atoms with Crippen molar-refractivity contribution in [2.75, 3.05) is 19.6 Å². The number of nitrogens with one attached hydrogen (secondary N) is 3. The van der Waals surface area contributed by atoms with Gasteiger partial charge in [0.05, 0.1) is 6.10 Å². The minimum atomic E-state index is -0.391. The Balaban J connectivity index is 1.53. The molecule has 7 heteroatoms. The van der Waals surface area contributed by atoms with Crippen molar-refractivity contribution in [3.8, 4) is 0 Å². The van der Waals surface area contributed by atoms with Gasteiger partial charge in [0.2, 0.25) is 0 Å². The van der Waals surface area contributed by atoms with Gasteiger partial charge in [0.1, 0.15) is 6.04 Å². The van der Waals surface area contributed by atoms with Crippen molar-refractivity contribution in [1.29, 1.82) is 0 Å². The maximum absolute atomic E-state index is 12.0. The van der Waals surface area contributed by atoms with E-state index in [0.717, 1.165) is 25.9 Å². The van der Waals surface area contributed by atoms with Crippen LogP contribution in [0, 0.1) is 0 Å². The molecule has 18 heavy (non-hydrogen) atoms. The van der Waals surface area contributed by atoms with Crippen molar-refractivity contribution >= 4 is 11.9 Å². The van der Waals surface area contributed by atoms with Gasteiger partial charge in [-0.2, -0.15) is 0 Å². The number of urea groups is 1. The molecule has 3 N–H and O–H groups in total. The van der Waals surface area contributed by atoms with Crippen LogP contribution in [0.25, 0.3) is 0 Å². The molecule has 3 saturated heterocycles. The van der Waals surface area contributed by atoms with Gasteiger partial charge in [-0.15, -0.1) is 0 Å². The topological polar surface area (TPSA) is 82.7 Å². The molecule has 100 valence electrons. The van der Waals surface area contributed by atoms with Crippen LogP contribution in [0.5, 0.6) is 0 Å². The van der Waals surface area contributed by atoms with Gasteiger partial charge >= 0.3 is 6.03 Å². The molecule has 3 amide bonds. The van der Waals surface area contributed by atoms with E-state index in [-0.39, 0.29) is 24.1 Å². The van der Waals surface area contributed by atoms with Crippen molar-refractivity contribution in [2.24, 2.45) is 0 Å². The number of hydrogen-bond donors (Lipinski definition) is 3. The van der Waals surface area contributed by atoms with E-state index in [1.807, 2.05) is 0 Å². The number of carbonyl (C=O) groups is 2. The lowest BCUT2D eigenvalue weighted by Gasteiger charge is -2.29. The summed E-state index contributed by atoms with van der Waals surface area (Å²) >= 11 is 0. The van der Waals surface area contributed by atoms with Gasteiger partial charge in [-0.05, 0) is 25.8 Å². The summed E-state index contributed by atoms with van der Waals surface area (Å²) < 4.78 is 0. The van der Waals surface area contributed by atoms with E-state index in [9.17, 15) is 9.59 Å². The first-order chi connectivity index (χ1) is 8.74. The van der Waals surface area contributed by atoms with Crippen LogP contribution < -0.4 is 16.1 Å². The zero-order valence-corrected chi connectivity index (χ0v) is 10.1. The van der Waals surface area contributed by atoms with Crippen molar-refractivity contribution in [3.63, 3.8) is 0 Å². The molecule has 2 bridgehead atoms. The van der Waals surface area contributed by atoms with Crippen molar-refractivity contribution in [3.05, 3.63) is 0 Å². The van der Waals surface area contributed by atoms with Crippen LogP contribution >= 0.6 is 0 Å². The number of amides is 3. The Morgan fingerprint density at radius 2 is 2.28 bits per heavy atom. The van der Waals surface area contributed by atoms with E-state index in [2.05, 4.69) is 16.1 Å². The number of fused-ring (bicyclic) bond motifs is 2. The average Bonchev–Trinajstić information content (AvgIpc) is 2.97. The minimum absolute atomic E-state index is 0.0395. The molecule has 0 aromatic heterocycles. The van der Waals surface area contributed by atoms with Gasteiger partial charge in [-0.3, -0.25) is 9.63 Å². The molecular formula is C11H18N4O3. The monoisotopic (exact) mass is 254 g/mol. The second-order valence-electron chi connectivity index (χ2n) is 5.09. The molecule has 0 aromatic rings. The molecule has 3 atom stereocenters. The van der Waals surface area contributed by atoms with E-state index < -0.39 is 6.04 Å². The molecule has 3 unspecified atom stereocenters. The van der Waals surface area contributed by atoms with Crippen LogP contribution in [0.15, 0.2) is 0 Å². The Labute approximate surface area is 105 Å². The highest BCUT2D eigenvalue weighted by Gasteiger charge is 2.41. The Morgan fingerprint density at radius 1 is 1.39 bits per heavy atom. The lowest BCUT2D eigenvalue weighted by atomic mass is 10.0. The quantitative estimate of drug-likeness (QED) is 0.561. The van der Waals surface area contributed by atoms with Gasteiger partial charge in [0.25, 0.3) is 5.91 Å². The van der Waals surface area contributed by atoms with Crippen LogP contribution in [-0.2, 0) is 9.63 Å². The van der Waals surface area contributed by atoms with Crippen LogP contribution in [0.4, 0.5) is 4.79 Å². The second kappa shape index (κ2) is 4.74. The van der Waals surface area contributed by atoms with E-state index in [0.29, 0.717) is 13.0 Å². The van der Waals surface area contributed by atoms with Gasteiger partial charge in [-0.1, -0.05) is 0 Å². The Kier molecular flexibility index (Phi) is 3.09. The van der Waals surface area contributed by atoms with Crippen molar-refractivity contribution < 1.29 is 14.4 Å². The lowest BCUT2D eigenvalue weighted by molar-refractivity contribution is -0.142. The third kappa shape index (κ3) is 2.15. The van der Waals surface area contributed by atoms with E-state index in [1.54, 1.807) is 4.90 Å². The fourth-order valence-electron chi connectivity index (χ4n) is 2.78. The average molecular weight is 254 g/mol. The number of carbonyl (C=O) groups excluding carboxylic acids is 2. The molecule has 3 fully saturated rings. The highest BCUT2D eigenvalue weighted by Crippen LogP contribution is 2.22. The summed E-state index contributed by atoms with van der Waals surface area (Å²) in [5.41, 5.74) is 2.50. The van der Waals surface area contributed by atoms with E-state index in [1.165, 1.54) is 0 Å². The molecular weight excluding hydrogens is 236 g/mol. The smallest absolute Gasteiger partial charge is 0.318 e. The maximum atomic E-state index is 12.0. The standard InChI is InChI=1S/C11H18N4O3/c16-10(14-18-8-3-4-12-5-8)9-2-1-7-6-15(9)11(17)13-7/h7-9,12H,1-6H2,(H,13,17)(H,14,16). The van der Waals surface area contributed by atoms with Gasteiger partial charge < -0.3 is 15.5 Å². The highest BCUT2D eigenvalue weighted by atomic mass is 16.7. The largest absolute Gasteiger partial charge is 0.333 e. The maximum Gasteiger partial charge on any atom is 0.318 e. The van der Waals surface area contributed by atoms with E-state index in [4.69, 9.17) is 4.84 Å². The molecule has 0 aliphatic carbocycles. The molecule has 0 saturated carbocycles. The fraction of sp³-hybridized carbons (Fsp3) is 0.818. The van der Waals surface area contributed by atoms with Crippen LogP contribution in [0.2, 0.25) is 0 Å². The highest BCUT2D eigenvalue weighted by molar-refractivity contribution is 5.88. The number of hydrogen-bond acceptors (Lipinski definition) is 4. The predicted molar refractivity (Wildman–Crippen MR) is 62.6 cm³/mol. The van der Waals surface area contributed by atoms with Crippen LogP contribution in [0.3, 0.4) is 0 Å². The first kappa shape index (κ1) is 11.7. The molecule has 0 radical (unpaired) electrons. The van der Waals surface area contributed by atoms with Crippen molar-refractivity contribution in [2.45, 2.75) is 37.5 Å². The molecule has 3 rings (SSSR count). The first-order valence-corrected chi connectivity index (χ1v) is 6.47. The predicted octanol–water partition coefficient (Wildman–Crippen LogP) is -1.05. The summed E-state index contributed by atoms with van der Waals surface area (Å²) in [7, 11) is 0. The molecule has 0 aromatic carbocycles. The van der Waals surface area contributed by atoms with Crippen LogP contribution in [-0.4, -0.2) is 54.7 Å². The molecule has 7 nitrogen and oxygen atoms in total. The normalized spacial score (nSPS) is 34.6. The number of rotatable bonds is 3. The molecule has 3 heterocycles. The second-order valence-corrected chi connectivity index (χ2v) is 5.09. The third-order valence-electron chi connectivity index (χ3n) is 3.81. The minimum Gasteiger partial charge on any atom is -0.333 e. The zero-order chi connectivity index (χ0) is 12.5. The Morgan fingerprint density at radius 3 is 3.06 bits per heavy atom. The summed E-state index contributed by atoms with van der Waals surface area (Å²) in [5, 5.41) is 6.01. The van der Waals surface area contributed by atoms with Gasteiger partial charge in [0, 0.05) is 19.1 Å².